The molecular formula is C23H25N3S. The van der Waals surface area contributed by atoms with Gasteiger partial charge in [-0.1, -0.05) is 47.5 Å². The largest absolute Gasteiger partial charge is 0.348 e. The SMILES string of the molecule is Cc1ccc(C2c3cccn3CCN2C(=S)Nc2ccc(C)cc2C)cc1. The number of anilines is 1. The average molecular weight is 376 g/mol. The third-order valence-electron chi connectivity index (χ3n) is 5.32. The summed E-state index contributed by atoms with van der Waals surface area (Å²) in [6.45, 7) is 8.19. The molecule has 0 saturated carbocycles. The van der Waals surface area contributed by atoms with Crippen LogP contribution in [0, 0.1) is 20.8 Å². The molecule has 3 aromatic rings. The van der Waals surface area contributed by atoms with Crippen LogP contribution < -0.4 is 5.32 Å². The Labute approximate surface area is 166 Å². The minimum Gasteiger partial charge on any atom is -0.348 e. The van der Waals surface area contributed by atoms with E-state index in [-0.39, 0.29) is 6.04 Å². The zero-order chi connectivity index (χ0) is 19.0. The molecule has 1 aliphatic rings. The highest BCUT2D eigenvalue weighted by atomic mass is 32.1. The highest BCUT2D eigenvalue weighted by Crippen LogP contribution is 2.33. The summed E-state index contributed by atoms with van der Waals surface area (Å²) in [5, 5.41) is 4.27. The quantitative estimate of drug-likeness (QED) is 0.621. The monoisotopic (exact) mass is 375 g/mol. The third-order valence-corrected chi connectivity index (χ3v) is 5.65. The van der Waals surface area contributed by atoms with Crippen LogP contribution in [0.15, 0.2) is 60.8 Å². The average Bonchev–Trinajstić information content (AvgIpc) is 3.13. The van der Waals surface area contributed by atoms with Gasteiger partial charge in [0.2, 0.25) is 0 Å². The van der Waals surface area contributed by atoms with Crippen molar-refractivity contribution in [3.63, 3.8) is 0 Å². The zero-order valence-corrected chi connectivity index (χ0v) is 16.9. The van der Waals surface area contributed by atoms with E-state index in [1.165, 1.54) is 27.9 Å². The van der Waals surface area contributed by atoms with Gasteiger partial charge in [-0.3, -0.25) is 0 Å². The number of hydrogen-bond donors (Lipinski definition) is 1. The predicted octanol–water partition coefficient (Wildman–Crippen LogP) is 5.22. The summed E-state index contributed by atoms with van der Waals surface area (Å²) < 4.78 is 2.33. The van der Waals surface area contributed by atoms with Crippen molar-refractivity contribution in [3.8, 4) is 0 Å². The standard InChI is InChI=1S/C23H25N3S/c1-16-6-9-19(10-7-16)22-21-5-4-12-25(21)13-14-26(22)23(27)24-20-11-8-17(2)15-18(20)3/h4-12,15,22H,13-14H2,1-3H3,(H,24,27). The number of fused-ring (bicyclic) bond motifs is 1. The van der Waals surface area contributed by atoms with Crippen molar-refractivity contribution in [2.45, 2.75) is 33.4 Å². The molecule has 1 unspecified atom stereocenters. The molecule has 1 aromatic heterocycles. The van der Waals surface area contributed by atoms with Crippen LogP contribution in [0.25, 0.3) is 0 Å². The van der Waals surface area contributed by atoms with Gasteiger partial charge in [-0.25, -0.2) is 0 Å². The molecular weight excluding hydrogens is 350 g/mol. The van der Waals surface area contributed by atoms with Gasteiger partial charge in [-0.2, -0.15) is 0 Å². The van der Waals surface area contributed by atoms with E-state index in [0.717, 1.165) is 23.9 Å². The molecule has 1 N–H and O–H groups in total. The van der Waals surface area contributed by atoms with Gasteiger partial charge >= 0.3 is 0 Å². The first-order chi connectivity index (χ1) is 13.0. The summed E-state index contributed by atoms with van der Waals surface area (Å²) in [4.78, 5) is 2.31. The van der Waals surface area contributed by atoms with Crippen LogP contribution in [0.1, 0.15) is 34.0 Å². The van der Waals surface area contributed by atoms with Crippen molar-refractivity contribution in [3.05, 3.63) is 88.7 Å². The Hall–Kier alpha value is -2.59. The number of nitrogens with one attached hydrogen (secondary N) is 1. The van der Waals surface area contributed by atoms with Gasteiger partial charge in [0.05, 0.1) is 6.04 Å². The van der Waals surface area contributed by atoms with Gasteiger partial charge in [0.25, 0.3) is 0 Å². The molecule has 0 radical (unpaired) electrons. The number of benzene rings is 2. The van der Waals surface area contributed by atoms with E-state index in [1.807, 2.05) is 0 Å². The molecule has 0 saturated heterocycles. The van der Waals surface area contributed by atoms with E-state index in [4.69, 9.17) is 12.2 Å². The molecule has 0 bridgehead atoms. The first-order valence-corrected chi connectivity index (χ1v) is 9.80. The summed E-state index contributed by atoms with van der Waals surface area (Å²) in [5.74, 6) is 0. The van der Waals surface area contributed by atoms with E-state index >= 15 is 0 Å². The Morgan fingerprint density at radius 1 is 0.963 bits per heavy atom. The summed E-state index contributed by atoms with van der Waals surface area (Å²) in [6, 6.07) is 19.7. The molecule has 0 amide bonds. The van der Waals surface area contributed by atoms with Crippen LogP contribution in [0.2, 0.25) is 0 Å². The fraction of sp³-hybridized carbons (Fsp3) is 0.261. The molecule has 27 heavy (non-hydrogen) atoms. The summed E-state index contributed by atoms with van der Waals surface area (Å²) in [6.07, 6.45) is 2.16. The number of rotatable bonds is 2. The summed E-state index contributed by atoms with van der Waals surface area (Å²) >= 11 is 5.86. The first kappa shape index (κ1) is 17.8. The normalized spacial score (nSPS) is 16.1. The molecule has 4 heteroatoms. The number of nitrogens with zero attached hydrogens (tertiary/aromatic N) is 2. The molecule has 1 atom stereocenters. The Balaban J connectivity index is 1.67. The molecule has 2 aromatic carbocycles. The predicted molar refractivity (Wildman–Crippen MR) is 116 cm³/mol. The Kier molecular flexibility index (Phi) is 4.75. The second-order valence-electron chi connectivity index (χ2n) is 7.38. The van der Waals surface area contributed by atoms with Crippen LogP contribution in [0.4, 0.5) is 5.69 Å². The van der Waals surface area contributed by atoms with Gasteiger partial charge in [-0.15, -0.1) is 0 Å². The van der Waals surface area contributed by atoms with E-state index in [2.05, 4.69) is 96.3 Å². The van der Waals surface area contributed by atoms with Crippen molar-refractivity contribution in [2.75, 3.05) is 11.9 Å². The number of hydrogen-bond acceptors (Lipinski definition) is 1. The van der Waals surface area contributed by atoms with Gasteiger partial charge in [0.15, 0.2) is 5.11 Å². The van der Waals surface area contributed by atoms with Crippen LogP contribution in [-0.4, -0.2) is 21.1 Å². The molecule has 1 aliphatic heterocycles. The van der Waals surface area contributed by atoms with Crippen molar-refractivity contribution in [1.29, 1.82) is 0 Å². The number of thiocarbonyl (C=S) groups is 1. The van der Waals surface area contributed by atoms with Crippen molar-refractivity contribution in [2.24, 2.45) is 0 Å². The van der Waals surface area contributed by atoms with Gasteiger partial charge in [0.1, 0.15) is 0 Å². The summed E-state index contributed by atoms with van der Waals surface area (Å²) in [5.41, 5.74) is 7.38. The lowest BCUT2D eigenvalue weighted by Gasteiger charge is -2.39. The second kappa shape index (κ2) is 7.20. The fourth-order valence-electron chi connectivity index (χ4n) is 3.84. The molecule has 0 fully saturated rings. The number of aromatic nitrogens is 1. The van der Waals surface area contributed by atoms with Crippen molar-refractivity contribution >= 4 is 23.0 Å². The van der Waals surface area contributed by atoms with E-state index in [9.17, 15) is 0 Å². The Morgan fingerprint density at radius 2 is 1.70 bits per heavy atom. The Bertz CT molecular complexity index is 972. The first-order valence-electron chi connectivity index (χ1n) is 9.39. The molecule has 138 valence electrons. The highest BCUT2D eigenvalue weighted by molar-refractivity contribution is 7.80. The van der Waals surface area contributed by atoms with Gasteiger partial charge < -0.3 is 14.8 Å². The highest BCUT2D eigenvalue weighted by Gasteiger charge is 2.30. The molecule has 4 rings (SSSR count). The smallest absolute Gasteiger partial charge is 0.174 e. The minimum atomic E-state index is 0.125. The van der Waals surface area contributed by atoms with Gasteiger partial charge in [0, 0.05) is 30.7 Å². The lowest BCUT2D eigenvalue weighted by atomic mass is 9.99. The molecule has 2 heterocycles. The third kappa shape index (κ3) is 3.50. The van der Waals surface area contributed by atoms with E-state index in [0.29, 0.717) is 0 Å². The maximum absolute atomic E-state index is 5.86. The lowest BCUT2D eigenvalue weighted by Crippen LogP contribution is -2.44. The molecule has 0 spiro atoms. The maximum atomic E-state index is 5.86. The van der Waals surface area contributed by atoms with Crippen LogP contribution in [0.5, 0.6) is 0 Å². The topological polar surface area (TPSA) is 20.2 Å². The van der Waals surface area contributed by atoms with Crippen LogP contribution in [-0.2, 0) is 6.54 Å². The van der Waals surface area contributed by atoms with Crippen LogP contribution >= 0.6 is 12.2 Å². The van der Waals surface area contributed by atoms with Crippen molar-refractivity contribution < 1.29 is 0 Å². The lowest BCUT2D eigenvalue weighted by molar-refractivity contribution is 0.293. The maximum Gasteiger partial charge on any atom is 0.174 e. The minimum absolute atomic E-state index is 0.125. The van der Waals surface area contributed by atoms with Gasteiger partial charge in [-0.05, 0) is 62.3 Å². The fourth-order valence-corrected chi connectivity index (χ4v) is 4.15. The van der Waals surface area contributed by atoms with Crippen molar-refractivity contribution in [1.82, 2.24) is 9.47 Å². The Morgan fingerprint density at radius 3 is 2.44 bits per heavy atom. The summed E-state index contributed by atoms with van der Waals surface area (Å²) in [7, 11) is 0. The van der Waals surface area contributed by atoms with E-state index in [1.54, 1.807) is 0 Å². The molecule has 0 aliphatic carbocycles. The van der Waals surface area contributed by atoms with Crippen LogP contribution in [0.3, 0.4) is 0 Å². The zero-order valence-electron chi connectivity index (χ0n) is 16.1. The number of aryl methyl sites for hydroxylation is 3. The van der Waals surface area contributed by atoms with E-state index < -0.39 is 0 Å². The molecule has 3 nitrogen and oxygen atoms in total. The second-order valence-corrected chi connectivity index (χ2v) is 7.77.